The number of nitrogens with zero attached hydrogens (tertiary/aromatic N) is 1. The number of aromatic nitrogens is 1. The number of alkyl halides is 1. The number of anilines is 1. The number of halogens is 2. The quantitative estimate of drug-likeness (QED) is 0.629. The molecule has 1 aromatic heterocycles. The van der Waals surface area contributed by atoms with Crippen molar-refractivity contribution in [1.82, 2.24) is 15.6 Å². The summed E-state index contributed by atoms with van der Waals surface area (Å²) in [5, 5.41) is 6.68. The van der Waals surface area contributed by atoms with Gasteiger partial charge in [0.15, 0.2) is 0 Å². The number of pyridine rings is 1. The van der Waals surface area contributed by atoms with Crippen LogP contribution in [0.5, 0.6) is 0 Å². The van der Waals surface area contributed by atoms with E-state index in [0.29, 0.717) is 35.8 Å². The second-order valence-corrected chi connectivity index (χ2v) is 10.2. The maximum absolute atomic E-state index is 14.6. The number of rotatable bonds is 5. The number of hydrogen-bond donors (Lipinski definition) is 3. The summed E-state index contributed by atoms with van der Waals surface area (Å²) < 4.78 is 14.6. The molecule has 1 heterocycles. The Morgan fingerprint density at radius 3 is 2.58 bits per heavy atom. The molecule has 4 atom stereocenters. The number of hydrogen-bond acceptors (Lipinski definition) is 4. The maximum Gasteiger partial charge on any atom is 0.223 e. The van der Waals surface area contributed by atoms with Crippen molar-refractivity contribution < 1.29 is 14.0 Å². The highest BCUT2D eigenvalue weighted by Gasteiger charge is 2.48. The minimum atomic E-state index is -0.772. The molecule has 1 aromatic rings. The van der Waals surface area contributed by atoms with Gasteiger partial charge < -0.3 is 16.4 Å². The molecule has 170 valence electrons. The molecule has 0 spiro atoms. The first-order valence-corrected chi connectivity index (χ1v) is 11.8. The van der Waals surface area contributed by atoms with Gasteiger partial charge in [-0.25, -0.2) is 9.37 Å². The summed E-state index contributed by atoms with van der Waals surface area (Å²) in [6, 6.07) is 3.05. The normalized spacial score (nSPS) is 33.5. The second-order valence-electron chi connectivity index (χ2n) is 9.74. The Morgan fingerprint density at radius 1 is 1.19 bits per heavy atom. The molecular formula is C23H32ClFN4O2. The Labute approximate surface area is 187 Å². The molecule has 4 aliphatic carbocycles. The van der Waals surface area contributed by atoms with Gasteiger partial charge in [0.2, 0.25) is 11.8 Å². The van der Waals surface area contributed by atoms with E-state index in [1.807, 2.05) is 0 Å². The summed E-state index contributed by atoms with van der Waals surface area (Å²) in [5.74, 6) is 0.171. The van der Waals surface area contributed by atoms with Crippen LogP contribution >= 0.6 is 11.6 Å². The molecule has 1 unspecified atom stereocenters. The second kappa shape index (κ2) is 8.93. The van der Waals surface area contributed by atoms with Gasteiger partial charge in [-0.1, -0.05) is 11.6 Å². The number of nitrogens with two attached hydrogens (primary N) is 1. The van der Waals surface area contributed by atoms with E-state index < -0.39 is 6.17 Å². The van der Waals surface area contributed by atoms with E-state index in [1.165, 1.54) is 6.92 Å². The molecule has 31 heavy (non-hydrogen) atoms. The highest BCUT2D eigenvalue weighted by Crippen LogP contribution is 2.55. The molecule has 4 N–H and O–H groups in total. The lowest BCUT2D eigenvalue weighted by molar-refractivity contribution is -0.127. The molecule has 6 nitrogen and oxygen atoms in total. The van der Waals surface area contributed by atoms with E-state index in [-0.39, 0.29) is 41.1 Å². The molecule has 0 radical (unpaired) electrons. The fraction of sp³-hybridized carbons (Fsp3) is 0.696. The zero-order valence-corrected chi connectivity index (χ0v) is 18.8. The number of carbonyl (C=O) groups excluding carboxylic acids is 2. The molecule has 5 rings (SSSR count). The number of carbonyl (C=O) groups is 2. The van der Waals surface area contributed by atoms with Crippen LogP contribution in [0.25, 0.3) is 0 Å². The molecule has 0 aliphatic heterocycles. The van der Waals surface area contributed by atoms with Crippen LogP contribution in [0.15, 0.2) is 12.1 Å². The van der Waals surface area contributed by atoms with Crippen LogP contribution < -0.4 is 16.4 Å². The molecular weight excluding hydrogens is 419 g/mol. The molecule has 4 fully saturated rings. The summed E-state index contributed by atoms with van der Waals surface area (Å²) in [6.07, 6.45) is 5.99. The van der Waals surface area contributed by atoms with Crippen molar-refractivity contribution in [3.8, 4) is 0 Å². The molecule has 8 heteroatoms. The van der Waals surface area contributed by atoms with Crippen molar-refractivity contribution in [3.63, 3.8) is 0 Å². The van der Waals surface area contributed by atoms with Crippen molar-refractivity contribution in [1.29, 1.82) is 0 Å². The molecule has 4 saturated carbocycles. The van der Waals surface area contributed by atoms with Gasteiger partial charge in [0, 0.05) is 23.9 Å². The summed E-state index contributed by atoms with van der Waals surface area (Å²) in [5.41, 5.74) is 6.40. The van der Waals surface area contributed by atoms with E-state index >= 15 is 0 Å². The Balaban J connectivity index is 1.59. The topological polar surface area (TPSA) is 97.1 Å². The van der Waals surface area contributed by atoms with Crippen LogP contribution in [0.3, 0.4) is 0 Å². The van der Waals surface area contributed by atoms with Crippen LogP contribution in [-0.2, 0) is 9.59 Å². The first-order chi connectivity index (χ1) is 14.8. The lowest BCUT2D eigenvalue weighted by atomic mass is 9.66. The van der Waals surface area contributed by atoms with Gasteiger partial charge in [0.25, 0.3) is 0 Å². The van der Waals surface area contributed by atoms with Crippen LogP contribution in [0.2, 0.25) is 5.02 Å². The number of nitrogens with one attached hydrogen (secondary N) is 2. The van der Waals surface area contributed by atoms with E-state index in [2.05, 4.69) is 15.6 Å². The highest BCUT2D eigenvalue weighted by molar-refractivity contribution is 6.30. The summed E-state index contributed by atoms with van der Waals surface area (Å²) >= 11 is 6.29. The first kappa shape index (κ1) is 22.3. The van der Waals surface area contributed by atoms with Crippen molar-refractivity contribution in [2.75, 3.05) is 5.73 Å². The zero-order valence-electron chi connectivity index (χ0n) is 18.0. The number of nitrogen functional groups attached to an aromatic ring is 1. The molecule has 0 aromatic carbocycles. The predicted molar refractivity (Wildman–Crippen MR) is 118 cm³/mol. The van der Waals surface area contributed by atoms with Crippen LogP contribution in [0, 0.1) is 17.3 Å². The maximum atomic E-state index is 14.6. The third kappa shape index (κ3) is 4.81. The summed E-state index contributed by atoms with van der Waals surface area (Å²) in [4.78, 5) is 29.2. The summed E-state index contributed by atoms with van der Waals surface area (Å²) in [7, 11) is 0. The van der Waals surface area contributed by atoms with Crippen molar-refractivity contribution in [2.45, 2.75) is 83.0 Å². The Bertz CT molecular complexity index is 823. The molecule has 4 aliphatic rings. The SMILES string of the molecule is CC(=O)NC1CC[C@@H](C(=O)N[C@H](c2cc(Cl)cc(N)n2)C23CCC(CC2)[C@@H](F)CC3)C1. The van der Waals surface area contributed by atoms with Crippen molar-refractivity contribution in [2.24, 2.45) is 17.3 Å². The van der Waals surface area contributed by atoms with E-state index in [4.69, 9.17) is 17.3 Å². The molecule has 2 amide bonds. The minimum absolute atomic E-state index is 0.0317. The number of fused-ring (bicyclic) bond motifs is 4. The largest absolute Gasteiger partial charge is 0.384 e. The average Bonchev–Trinajstić information content (AvgIpc) is 3.04. The lowest BCUT2D eigenvalue weighted by Gasteiger charge is -2.43. The Morgan fingerprint density at radius 2 is 1.90 bits per heavy atom. The summed E-state index contributed by atoms with van der Waals surface area (Å²) in [6.45, 7) is 1.50. The fourth-order valence-electron chi connectivity index (χ4n) is 6.05. The lowest BCUT2D eigenvalue weighted by Crippen LogP contribution is -2.44. The van der Waals surface area contributed by atoms with Crippen LogP contribution in [-0.4, -0.2) is 29.0 Å². The van der Waals surface area contributed by atoms with Crippen LogP contribution in [0.1, 0.15) is 76.4 Å². The smallest absolute Gasteiger partial charge is 0.223 e. The Hall–Kier alpha value is -1.89. The van der Waals surface area contributed by atoms with Gasteiger partial charge in [0.1, 0.15) is 12.0 Å². The van der Waals surface area contributed by atoms with Crippen LogP contribution in [0.4, 0.5) is 10.2 Å². The highest BCUT2D eigenvalue weighted by atomic mass is 35.5. The van der Waals surface area contributed by atoms with E-state index in [0.717, 1.165) is 38.5 Å². The zero-order chi connectivity index (χ0) is 22.2. The van der Waals surface area contributed by atoms with Gasteiger partial charge in [-0.05, 0) is 81.3 Å². The van der Waals surface area contributed by atoms with Crippen molar-refractivity contribution >= 4 is 29.2 Å². The standard InChI is InChI=1S/C23H32ClFN4O2/c1-13(30)27-17-3-2-15(10-17)22(31)29-21(19-11-16(24)12-20(26)28-19)23-7-4-14(5-8-23)18(25)6-9-23/h11-12,14-15,17-18,21H,2-10H2,1H3,(H2,26,28)(H,27,30)(H,29,31)/t14?,15-,17?,18+,21-,23?/m1/s1. The predicted octanol–water partition coefficient (Wildman–Crippen LogP) is 4.09. The average molecular weight is 451 g/mol. The third-order valence-corrected chi connectivity index (χ3v) is 7.91. The van der Waals surface area contributed by atoms with Gasteiger partial charge in [-0.2, -0.15) is 0 Å². The minimum Gasteiger partial charge on any atom is -0.384 e. The van der Waals surface area contributed by atoms with E-state index in [9.17, 15) is 14.0 Å². The van der Waals surface area contributed by atoms with Crippen molar-refractivity contribution in [3.05, 3.63) is 22.8 Å². The monoisotopic (exact) mass is 450 g/mol. The molecule has 0 saturated heterocycles. The first-order valence-electron chi connectivity index (χ1n) is 11.4. The van der Waals surface area contributed by atoms with Gasteiger partial charge in [-0.15, -0.1) is 0 Å². The third-order valence-electron chi connectivity index (χ3n) is 7.69. The van der Waals surface area contributed by atoms with Gasteiger partial charge in [0.05, 0.1) is 11.7 Å². The van der Waals surface area contributed by atoms with Gasteiger partial charge >= 0.3 is 0 Å². The number of amides is 2. The Kier molecular flexibility index (Phi) is 6.42. The van der Waals surface area contributed by atoms with E-state index in [1.54, 1.807) is 12.1 Å². The molecule has 2 bridgehead atoms. The fourth-order valence-corrected chi connectivity index (χ4v) is 6.27. The van der Waals surface area contributed by atoms with Gasteiger partial charge in [-0.3, -0.25) is 9.59 Å².